The van der Waals surface area contributed by atoms with E-state index in [9.17, 15) is 0 Å². The maximum absolute atomic E-state index is 5.80. The predicted molar refractivity (Wildman–Crippen MR) is 177 cm³/mol. The van der Waals surface area contributed by atoms with Gasteiger partial charge in [-0.15, -0.1) is 24.8 Å². The van der Waals surface area contributed by atoms with Crippen molar-refractivity contribution in [3.05, 3.63) is 89.0 Å². The third-order valence-electron chi connectivity index (χ3n) is 7.38. The zero-order valence-electron chi connectivity index (χ0n) is 25.3. The molecular weight excluding hydrogens is 555 g/mol. The summed E-state index contributed by atoms with van der Waals surface area (Å²) in [5.41, 5.74) is 5.23. The first kappa shape index (κ1) is 36.6. The summed E-state index contributed by atoms with van der Waals surface area (Å²) in [6.45, 7) is 4.33. The van der Waals surface area contributed by atoms with Crippen LogP contribution in [0.5, 0.6) is 17.2 Å². The highest BCUT2D eigenvalue weighted by atomic mass is 35.5. The van der Waals surface area contributed by atoms with Gasteiger partial charge in [-0.3, -0.25) is 0 Å². The van der Waals surface area contributed by atoms with Crippen molar-refractivity contribution >= 4 is 24.8 Å². The van der Waals surface area contributed by atoms with Gasteiger partial charge in [0.15, 0.2) is 11.5 Å². The van der Waals surface area contributed by atoms with Crippen molar-refractivity contribution in [1.29, 1.82) is 0 Å². The Kier molecular flexibility index (Phi) is 19.0. The van der Waals surface area contributed by atoms with E-state index in [0.717, 1.165) is 62.6 Å². The average molecular weight is 606 g/mol. The van der Waals surface area contributed by atoms with E-state index < -0.39 is 0 Å². The number of benzene rings is 3. The van der Waals surface area contributed by atoms with Gasteiger partial charge in [0, 0.05) is 12.1 Å². The van der Waals surface area contributed by atoms with Crippen molar-refractivity contribution in [2.24, 2.45) is 0 Å². The Labute approximate surface area is 260 Å². The van der Waals surface area contributed by atoms with Crippen molar-refractivity contribution in [2.75, 3.05) is 54.6 Å². The van der Waals surface area contributed by atoms with E-state index in [1.165, 1.54) is 54.5 Å². The predicted octanol–water partition coefficient (Wildman–Crippen LogP) is 7.21. The first-order valence-corrected chi connectivity index (χ1v) is 14.4. The highest BCUT2D eigenvalue weighted by Crippen LogP contribution is 2.34. The van der Waals surface area contributed by atoms with Crippen molar-refractivity contribution in [3.63, 3.8) is 0 Å². The molecule has 5 nitrogen and oxygen atoms in total. The summed E-state index contributed by atoms with van der Waals surface area (Å²) in [4.78, 5) is 2.46. The van der Waals surface area contributed by atoms with Crippen molar-refractivity contribution < 1.29 is 14.2 Å². The van der Waals surface area contributed by atoms with Crippen LogP contribution < -0.4 is 19.5 Å². The number of likely N-dealkylation sites (N-methyl/N-ethyl adjacent to an activating group) is 1. The Morgan fingerprint density at radius 2 is 1.39 bits per heavy atom. The van der Waals surface area contributed by atoms with Gasteiger partial charge in [-0.1, -0.05) is 61.4 Å². The van der Waals surface area contributed by atoms with Crippen LogP contribution in [0.2, 0.25) is 0 Å². The maximum Gasteiger partial charge on any atom is 0.164 e. The number of unbranched alkanes of at least 4 members (excludes halogenated alkanes) is 3. The largest absolute Gasteiger partial charge is 0.497 e. The molecule has 0 unspecified atom stereocenters. The minimum atomic E-state index is 0. The number of nitrogens with zero attached hydrogens (tertiary/aromatic N) is 1. The summed E-state index contributed by atoms with van der Waals surface area (Å²) >= 11 is 0. The van der Waals surface area contributed by atoms with Crippen LogP contribution in [0.1, 0.15) is 47.9 Å². The number of halogens is 2. The fourth-order valence-electron chi connectivity index (χ4n) is 5.05. The Morgan fingerprint density at radius 1 is 0.634 bits per heavy atom. The lowest BCUT2D eigenvalue weighted by molar-refractivity contribution is 0.327. The van der Waals surface area contributed by atoms with Gasteiger partial charge >= 0.3 is 0 Å². The second kappa shape index (κ2) is 21.3. The van der Waals surface area contributed by atoms with E-state index in [1.54, 1.807) is 21.3 Å². The summed E-state index contributed by atoms with van der Waals surface area (Å²) in [5, 5.41) is 3.66. The van der Waals surface area contributed by atoms with Gasteiger partial charge in [0.05, 0.1) is 21.3 Å². The number of hydrogen-bond acceptors (Lipinski definition) is 5. The number of methoxy groups -OCH3 is 3. The van der Waals surface area contributed by atoms with Gasteiger partial charge in [0.2, 0.25) is 0 Å². The minimum Gasteiger partial charge on any atom is -0.497 e. The lowest BCUT2D eigenvalue weighted by Crippen LogP contribution is -2.22. The van der Waals surface area contributed by atoms with E-state index in [2.05, 4.69) is 65.8 Å². The topological polar surface area (TPSA) is 43.0 Å². The molecule has 3 aromatic carbocycles. The minimum absolute atomic E-state index is 0. The zero-order valence-corrected chi connectivity index (χ0v) is 27.0. The molecule has 0 amide bonds. The van der Waals surface area contributed by atoms with Gasteiger partial charge in [0.25, 0.3) is 0 Å². The standard InChI is InChI=1S/C34H48N2O3.2ClH/c1-36(26-22-28-13-8-7-9-14-28)25-11-6-5-10-23-35-24-21-30-18-20-33(38-3)34(39-4)32(30)19-17-29-15-12-16-31(27-29)37-2;;/h7-9,12-16,18,20,27,35H,5-6,10-11,17,19,21-26H2,1-4H3;2*1H. The Balaban J connectivity index is 0.00000420. The first-order valence-electron chi connectivity index (χ1n) is 14.4. The van der Waals surface area contributed by atoms with Crippen LogP contribution in [-0.4, -0.2) is 59.5 Å². The lowest BCUT2D eigenvalue weighted by atomic mass is 9.96. The van der Waals surface area contributed by atoms with Gasteiger partial charge in [-0.2, -0.15) is 0 Å². The Hall–Kier alpha value is -2.44. The van der Waals surface area contributed by atoms with Crippen LogP contribution in [0.15, 0.2) is 66.7 Å². The summed E-state index contributed by atoms with van der Waals surface area (Å²) < 4.78 is 16.8. The highest BCUT2D eigenvalue weighted by Gasteiger charge is 2.15. The van der Waals surface area contributed by atoms with Gasteiger partial charge in [-0.25, -0.2) is 0 Å². The Bertz CT molecular complexity index is 1100. The molecule has 0 saturated carbocycles. The molecule has 41 heavy (non-hydrogen) atoms. The van der Waals surface area contributed by atoms with Crippen molar-refractivity contribution in [3.8, 4) is 17.2 Å². The highest BCUT2D eigenvalue weighted by molar-refractivity contribution is 5.85. The van der Waals surface area contributed by atoms with Gasteiger partial charge in [0.1, 0.15) is 5.75 Å². The zero-order chi connectivity index (χ0) is 27.7. The molecule has 0 saturated heterocycles. The van der Waals surface area contributed by atoms with Crippen molar-refractivity contribution in [2.45, 2.75) is 51.4 Å². The summed E-state index contributed by atoms with van der Waals surface area (Å²) in [5.74, 6) is 2.54. The van der Waals surface area contributed by atoms with Crippen LogP contribution in [0.4, 0.5) is 0 Å². The smallest absolute Gasteiger partial charge is 0.164 e. The number of aryl methyl sites for hydroxylation is 1. The van der Waals surface area contributed by atoms with Crippen LogP contribution in [0.3, 0.4) is 0 Å². The SMILES string of the molecule is COc1cccc(CCc2c(CCNCCCCCCN(C)CCc3ccccc3)ccc(OC)c2OC)c1.Cl.Cl. The third kappa shape index (κ3) is 13.0. The van der Waals surface area contributed by atoms with Crippen LogP contribution in [-0.2, 0) is 25.7 Å². The second-order valence-corrected chi connectivity index (χ2v) is 10.2. The fraction of sp³-hybridized carbons (Fsp3) is 0.471. The molecule has 0 aromatic heterocycles. The summed E-state index contributed by atoms with van der Waals surface area (Å²) in [6.07, 6.45) is 8.98. The summed E-state index contributed by atoms with van der Waals surface area (Å²) in [6, 6.07) is 23.3. The molecule has 0 aliphatic carbocycles. The molecular formula is C34H50Cl2N2O3. The van der Waals surface area contributed by atoms with E-state index in [0.29, 0.717) is 0 Å². The van der Waals surface area contributed by atoms with Crippen molar-refractivity contribution in [1.82, 2.24) is 10.2 Å². The molecule has 1 N–H and O–H groups in total. The quantitative estimate of drug-likeness (QED) is 0.146. The summed E-state index contributed by atoms with van der Waals surface area (Å²) in [7, 11) is 7.38. The van der Waals surface area contributed by atoms with Crippen LogP contribution in [0.25, 0.3) is 0 Å². The first-order chi connectivity index (χ1) is 19.1. The lowest BCUT2D eigenvalue weighted by Gasteiger charge is -2.18. The van der Waals surface area contributed by atoms with Gasteiger partial charge in [-0.05, 0) is 100 Å². The molecule has 0 spiro atoms. The monoisotopic (exact) mass is 604 g/mol. The average Bonchev–Trinajstić information content (AvgIpc) is 2.98. The molecule has 3 aromatic rings. The van der Waals surface area contributed by atoms with Crippen LogP contribution >= 0.6 is 24.8 Å². The molecule has 0 bridgehead atoms. The van der Waals surface area contributed by atoms with E-state index in [-0.39, 0.29) is 24.8 Å². The van der Waals surface area contributed by atoms with Crippen LogP contribution in [0, 0.1) is 0 Å². The normalized spacial score (nSPS) is 10.6. The Morgan fingerprint density at radius 3 is 2.12 bits per heavy atom. The molecule has 0 radical (unpaired) electrons. The van der Waals surface area contributed by atoms with E-state index in [1.807, 2.05) is 18.2 Å². The molecule has 0 fully saturated rings. The molecule has 228 valence electrons. The number of ether oxygens (including phenoxy) is 3. The number of nitrogens with one attached hydrogen (secondary N) is 1. The molecule has 7 heteroatoms. The van der Waals surface area contributed by atoms with Gasteiger partial charge < -0.3 is 24.4 Å². The van der Waals surface area contributed by atoms with E-state index in [4.69, 9.17) is 14.2 Å². The maximum atomic E-state index is 5.80. The third-order valence-corrected chi connectivity index (χ3v) is 7.38. The number of rotatable bonds is 19. The molecule has 0 atom stereocenters. The fourth-order valence-corrected chi connectivity index (χ4v) is 5.05. The molecule has 0 aliphatic rings. The molecule has 0 heterocycles. The molecule has 0 aliphatic heterocycles. The molecule has 3 rings (SSSR count). The number of hydrogen-bond donors (Lipinski definition) is 1. The van der Waals surface area contributed by atoms with E-state index >= 15 is 0 Å². The second-order valence-electron chi connectivity index (χ2n) is 10.2.